The number of hydrogen-bond donors (Lipinski definition) is 2. The van der Waals surface area contributed by atoms with Crippen molar-refractivity contribution in [1.29, 1.82) is 0 Å². The number of allylic oxidation sites excluding steroid dienone is 3. The zero-order valence-electron chi connectivity index (χ0n) is 18.1. The van der Waals surface area contributed by atoms with Gasteiger partial charge in [-0.3, -0.25) is 9.20 Å². The summed E-state index contributed by atoms with van der Waals surface area (Å²) in [6, 6.07) is 5.54. The molecule has 4 heterocycles. The maximum atomic E-state index is 12.8. The molecule has 1 fully saturated rings. The van der Waals surface area contributed by atoms with Gasteiger partial charge in [0.1, 0.15) is 11.5 Å². The molecule has 4 rings (SSSR count). The average Bonchev–Trinajstić information content (AvgIpc) is 3.21. The molecule has 0 radical (unpaired) electrons. The third-order valence-corrected chi connectivity index (χ3v) is 5.95. The van der Waals surface area contributed by atoms with Gasteiger partial charge in [0.2, 0.25) is 0 Å². The molecule has 31 heavy (non-hydrogen) atoms. The predicted octanol–water partition coefficient (Wildman–Crippen LogP) is 3.01. The number of aromatic nitrogens is 4. The second-order valence-corrected chi connectivity index (χ2v) is 8.28. The van der Waals surface area contributed by atoms with Crippen LogP contribution in [0.15, 0.2) is 48.0 Å². The number of H-pyrrole nitrogens is 1. The van der Waals surface area contributed by atoms with E-state index in [2.05, 4.69) is 32.5 Å². The standard InChI is InChI=1S/C24H29N5O2/c1-16(12-17(2)24-25-14-18(3)26-24)21-13-23(31)29-15-20(4-5-22(29)27-21)19-6-8-28(9-7-19)10-11-30/h4-5,12-15,19,30H,1,6-11H2,2-3H3,(H,25,26)/b17-12-. The third-order valence-electron chi connectivity index (χ3n) is 5.95. The molecular weight excluding hydrogens is 390 g/mol. The third kappa shape index (κ3) is 4.68. The van der Waals surface area contributed by atoms with Crippen LogP contribution in [0.3, 0.4) is 0 Å². The topological polar surface area (TPSA) is 86.5 Å². The monoisotopic (exact) mass is 419 g/mol. The number of pyridine rings is 1. The molecule has 7 heteroatoms. The SMILES string of the molecule is C=C(/C=C(/C)c1ncc(C)[nH]1)c1cc(=O)n2cc(C3CCN(CCO)CC3)ccc2n1. The molecule has 0 unspecified atom stereocenters. The molecule has 3 aromatic heterocycles. The van der Waals surface area contributed by atoms with Gasteiger partial charge >= 0.3 is 0 Å². The first kappa shape index (κ1) is 21.2. The van der Waals surface area contributed by atoms with Gasteiger partial charge in [0.15, 0.2) is 0 Å². The number of nitrogens with zero attached hydrogens (tertiary/aromatic N) is 4. The van der Waals surface area contributed by atoms with Gasteiger partial charge in [-0.05, 0) is 74.5 Å². The van der Waals surface area contributed by atoms with Crippen molar-refractivity contribution in [2.45, 2.75) is 32.6 Å². The van der Waals surface area contributed by atoms with Gasteiger partial charge in [-0.15, -0.1) is 0 Å². The summed E-state index contributed by atoms with van der Waals surface area (Å²) in [5.74, 6) is 1.20. The summed E-state index contributed by atoms with van der Waals surface area (Å²) in [6.07, 6.45) is 7.66. The Hall–Kier alpha value is -3.03. The van der Waals surface area contributed by atoms with Crippen LogP contribution in [-0.4, -0.2) is 55.6 Å². The van der Waals surface area contributed by atoms with Crippen molar-refractivity contribution in [3.05, 3.63) is 76.4 Å². The van der Waals surface area contributed by atoms with Gasteiger partial charge in [-0.1, -0.05) is 12.6 Å². The highest BCUT2D eigenvalue weighted by Gasteiger charge is 2.20. The van der Waals surface area contributed by atoms with Gasteiger partial charge in [0, 0.05) is 30.7 Å². The summed E-state index contributed by atoms with van der Waals surface area (Å²) in [6.45, 7) is 10.9. The highest BCUT2D eigenvalue weighted by Crippen LogP contribution is 2.28. The van der Waals surface area contributed by atoms with E-state index in [1.807, 2.05) is 32.2 Å². The van der Waals surface area contributed by atoms with Crippen LogP contribution < -0.4 is 5.56 Å². The summed E-state index contributed by atoms with van der Waals surface area (Å²) in [4.78, 5) is 27.3. The number of piperidine rings is 1. The Labute approximate surface area is 181 Å². The zero-order chi connectivity index (χ0) is 22.0. The molecule has 0 spiro atoms. The van der Waals surface area contributed by atoms with Crippen LogP contribution >= 0.6 is 0 Å². The zero-order valence-corrected chi connectivity index (χ0v) is 18.1. The Morgan fingerprint density at radius 2 is 2.13 bits per heavy atom. The van der Waals surface area contributed by atoms with Crippen molar-refractivity contribution in [3.8, 4) is 0 Å². The Morgan fingerprint density at radius 1 is 1.35 bits per heavy atom. The number of likely N-dealkylation sites (tertiary alicyclic amines) is 1. The number of hydrogen-bond acceptors (Lipinski definition) is 5. The predicted molar refractivity (Wildman–Crippen MR) is 123 cm³/mol. The second kappa shape index (κ2) is 8.99. The summed E-state index contributed by atoms with van der Waals surface area (Å²) < 4.78 is 1.62. The van der Waals surface area contributed by atoms with Gasteiger partial charge in [-0.2, -0.15) is 0 Å². The largest absolute Gasteiger partial charge is 0.395 e. The lowest BCUT2D eigenvalue weighted by Crippen LogP contribution is -2.35. The number of nitrogens with one attached hydrogen (secondary N) is 1. The number of aliphatic hydroxyl groups excluding tert-OH is 1. The highest BCUT2D eigenvalue weighted by molar-refractivity contribution is 5.79. The van der Waals surface area contributed by atoms with Crippen molar-refractivity contribution in [2.24, 2.45) is 0 Å². The fourth-order valence-electron chi connectivity index (χ4n) is 4.17. The highest BCUT2D eigenvalue weighted by atomic mass is 16.3. The first-order valence-corrected chi connectivity index (χ1v) is 10.7. The lowest BCUT2D eigenvalue weighted by molar-refractivity contribution is 0.164. The van der Waals surface area contributed by atoms with Gasteiger partial charge < -0.3 is 15.0 Å². The smallest absolute Gasteiger partial charge is 0.258 e. The number of β-amino-alcohol motifs (C(OH)–C–C–N with tert-alkyl or cyclic N) is 1. The summed E-state index contributed by atoms with van der Waals surface area (Å²) in [5.41, 5.74) is 4.83. The van der Waals surface area contributed by atoms with Crippen LogP contribution in [0.4, 0.5) is 0 Å². The van der Waals surface area contributed by atoms with E-state index in [9.17, 15) is 4.79 Å². The van der Waals surface area contributed by atoms with Crippen molar-refractivity contribution in [2.75, 3.05) is 26.2 Å². The van der Waals surface area contributed by atoms with Crippen LogP contribution in [0.5, 0.6) is 0 Å². The number of aromatic amines is 1. The Kier molecular flexibility index (Phi) is 6.15. The molecule has 7 nitrogen and oxygen atoms in total. The molecule has 162 valence electrons. The molecule has 1 saturated heterocycles. The van der Waals surface area contributed by atoms with Crippen molar-refractivity contribution in [1.82, 2.24) is 24.3 Å². The molecule has 1 aliphatic heterocycles. The van der Waals surface area contributed by atoms with Gasteiger partial charge in [0.25, 0.3) is 5.56 Å². The van der Waals surface area contributed by atoms with E-state index in [1.54, 1.807) is 16.7 Å². The number of aryl methyl sites for hydroxylation is 1. The van der Waals surface area contributed by atoms with Crippen molar-refractivity contribution >= 4 is 16.8 Å². The molecular formula is C24H29N5O2. The quantitative estimate of drug-likeness (QED) is 0.600. The number of aliphatic hydroxyl groups is 1. The molecule has 0 atom stereocenters. The molecule has 3 aromatic rings. The van der Waals surface area contributed by atoms with Crippen LogP contribution in [0.25, 0.3) is 16.8 Å². The minimum absolute atomic E-state index is 0.111. The van der Waals surface area contributed by atoms with E-state index < -0.39 is 0 Å². The summed E-state index contributed by atoms with van der Waals surface area (Å²) >= 11 is 0. The molecule has 0 aromatic carbocycles. The van der Waals surface area contributed by atoms with Crippen LogP contribution in [0.1, 0.15) is 48.5 Å². The molecule has 0 amide bonds. The van der Waals surface area contributed by atoms with Crippen LogP contribution in [0.2, 0.25) is 0 Å². The first-order valence-electron chi connectivity index (χ1n) is 10.7. The fraction of sp³-hybridized carbons (Fsp3) is 0.375. The van der Waals surface area contributed by atoms with E-state index in [1.165, 1.54) is 0 Å². The van der Waals surface area contributed by atoms with Crippen molar-refractivity contribution in [3.63, 3.8) is 0 Å². The maximum Gasteiger partial charge on any atom is 0.258 e. The Bertz CT molecular complexity index is 1180. The van der Waals surface area contributed by atoms with Gasteiger partial charge in [-0.25, -0.2) is 9.97 Å². The lowest BCUT2D eigenvalue weighted by atomic mass is 9.90. The number of imidazole rings is 1. The number of rotatable bonds is 6. The minimum atomic E-state index is -0.111. The Balaban J connectivity index is 1.56. The van der Waals surface area contributed by atoms with Crippen molar-refractivity contribution < 1.29 is 5.11 Å². The Morgan fingerprint density at radius 3 is 2.81 bits per heavy atom. The second-order valence-electron chi connectivity index (χ2n) is 8.28. The molecule has 0 aliphatic carbocycles. The van der Waals surface area contributed by atoms with E-state index >= 15 is 0 Å². The van der Waals surface area contributed by atoms with E-state index in [0.29, 0.717) is 22.8 Å². The van der Waals surface area contributed by atoms with E-state index in [-0.39, 0.29) is 12.2 Å². The molecule has 2 N–H and O–H groups in total. The molecule has 0 bridgehead atoms. The fourth-order valence-corrected chi connectivity index (χ4v) is 4.17. The molecule has 1 aliphatic rings. The first-order chi connectivity index (χ1) is 14.9. The van der Waals surface area contributed by atoms with Crippen LogP contribution in [0, 0.1) is 6.92 Å². The van der Waals surface area contributed by atoms with Crippen LogP contribution in [-0.2, 0) is 0 Å². The van der Waals surface area contributed by atoms with E-state index in [0.717, 1.165) is 55.1 Å². The molecule has 0 saturated carbocycles. The normalized spacial score (nSPS) is 16.2. The van der Waals surface area contributed by atoms with E-state index in [4.69, 9.17) is 5.11 Å². The minimum Gasteiger partial charge on any atom is -0.395 e. The maximum absolute atomic E-state index is 12.8. The van der Waals surface area contributed by atoms with Gasteiger partial charge in [0.05, 0.1) is 12.3 Å². The summed E-state index contributed by atoms with van der Waals surface area (Å²) in [7, 11) is 0. The average molecular weight is 420 g/mol. The number of fused-ring (bicyclic) bond motifs is 1. The lowest BCUT2D eigenvalue weighted by Gasteiger charge is -2.31. The summed E-state index contributed by atoms with van der Waals surface area (Å²) in [5, 5.41) is 9.12.